The molecule has 1 N–H and O–H groups in total. The molecule has 1 aliphatic rings. The fourth-order valence-corrected chi connectivity index (χ4v) is 2.92. The van der Waals surface area contributed by atoms with Crippen LogP contribution in [0.3, 0.4) is 0 Å². The van der Waals surface area contributed by atoms with Gasteiger partial charge in [-0.1, -0.05) is 3.89 Å². The van der Waals surface area contributed by atoms with Gasteiger partial charge in [0.25, 0.3) is 5.91 Å². The van der Waals surface area contributed by atoms with Crippen LogP contribution in [0.1, 0.15) is 30.1 Å². The monoisotopic (exact) mass is 332 g/mol. The fourth-order valence-electron chi connectivity index (χ4n) is 2.60. The first-order valence-electron chi connectivity index (χ1n) is 6.81. The predicted octanol–water partition coefficient (Wildman–Crippen LogP) is 0.908. The van der Waals surface area contributed by atoms with E-state index < -0.39 is 10.5 Å². The van der Waals surface area contributed by atoms with Crippen LogP contribution in [0.15, 0.2) is 18.5 Å². The Morgan fingerprint density at radius 3 is 2.86 bits per heavy atom. The topological polar surface area (TPSA) is 96.8 Å². The number of aliphatic hydroxyl groups excluding tert-OH is 1. The van der Waals surface area contributed by atoms with E-state index in [2.05, 4.69) is 9.17 Å². The molecule has 1 amide bonds. The maximum Gasteiger partial charge on any atom is 0.488 e. The molecule has 0 spiro atoms. The normalized spacial score (nSPS) is 22.4. The van der Waals surface area contributed by atoms with E-state index in [1.54, 1.807) is 4.90 Å². The van der Waals surface area contributed by atoms with Crippen molar-refractivity contribution in [2.75, 3.05) is 13.2 Å². The highest BCUT2D eigenvalue weighted by Crippen LogP contribution is 2.25. The Bertz CT molecular complexity index is 652. The van der Waals surface area contributed by atoms with Crippen molar-refractivity contribution >= 4 is 16.4 Å². The van der Waals surface area contributed by atoms with Gasteiger partial charge < -0.3 is 14.2 Å². The minimum atomic E-state index is -5.16. The Hall–Kier alpha value is -1.74. The molecule has 1 aromatic heterocycles. The average Bonchev–Trinajstić information content (AvgIpc) is 2.45. The third-order valence-corrected chi connectivity index (χ3v) is 4.05. The predicted molar refractivity (Wildman–Crippen MR) is 75.2 cm³/mol. The molecule has 0 radical (unpaired) electrons. The van der Waals surface area contributed by atoms with Crippen LogP contribution < -0.4 is 4.18 Å². The fraction of sp³-hybridized carbons (Fsp3) is 0.538. The first kappa shape index (κ1) is 16.6. The number of pyridine rings is 1. The highest BCUT2D eigenvalue weighted by atomic mass is 32.3. The lowest BCUT2D eigenvalue weighted by Crippen LogP contribution is -2.45. The molecule has 0 unspecified atom stereocenters. The van der Waals surface area contributed by atoms with E-state index >= 15 is 0 Å². The van der Waals surface area contributed by atoms with Crippen molar-refractivity contribution < 1.29 is 26.4 Å². The molecule has 22 heavy (non-hydrogen) atoms. The van der Waals surface area contributed by atoms with E-state index in [4.69, 9.17) is 0 Å². The van der Waals surface area contributed by atoms with Crippen LogP contribution >= 0.6 is 0 Å². The van der Waals surface area contributed by atoms with E-state index in [1.165, 1.54) is 6.20 Å². The minimum Gasteiger partial charge on any atom is -0.396 e. The molecular formula is C13H17FN2O5S. The third kappa shape index (κ3) is 4.14. The summed E-state index contributed by atoms with van der Waals surface area (Å²) in [5, 5.41) is 9.17. The molecule has 2 heterocycles. The summed E-state index contributed by atoms with van der Waals surface area (Å²) in [6, 6.07) is 1.07. The Labute approximate surface area is 128 Å². The van der Waals surface area contributed by atoms with Gasteiger partial charge in [0, 0.05) is 25.4 Å². The maximum absolute atomic E-state index is 12.5. The number of halogens is 1. The highest BCUT2D eigenvalue weighted by Gasteiger charge is 2.29. The summed E-state index contributed by atoms with van der Waals surface area (Å²) in [5.41, 5.74) is 0.121. The molecule has 7 nitrogen and oxygen atoms in total. The Morgan fingerprint density at radius 1 is 1.55 bits per heavy atom. The molecule has 1 fully saturated rings. The zero-order valence-corrected chi connectivity index (χ0v) is 12.8. The van der Waals surface area contributed by atoms with E-state index in [-0.39, 0.29) is 35.8 Å². The molecular weight excluding hydrogens is 315 g/mol. The van der Waals surface area contributed by atoms with Crippen LogP contribution in [0, 0.1) is 5.92 Å². The zero-order chi connectivity index (χ0) is 16.3. The SMILES string of the molecule is C[C@@H]1C[C@H](CO)CCN1C(=O)c1cncc(OS(=O)(=O)F)c1. The van der Waals surface area contributed by atoms with Crippen LogP contribution in [0.2, 0.25) is 0 Å². The molecule has 2 rings (SSSR count). The van der Waals surface area contributed by atoms with Gasteiger partial charge >= 0.3 is 10.5 Å². The van der Waals surface area contributed by atoms with Crippen LogP contribution in [-0.4, -0.2) is 48.5 Å². The Kier molecular flexibility index (Phi) is 4.97. The van der Waals surface area contributed by atoms with Gasteiger partial charge in [-0.2, -0.15) is 8.42 Å². The van der Waals surface area contributed by atoms with E-state index in [9.17, 15) is 22.2 Å². The Balaban J connectivity index is 2.14. The summed E-state index contributed by atoms with van der Waals surface area (Å²) < 4.78 is 37.5. The standard InChI is InChI=1S/C13H17FN2O5S/c1-9-4-10(8-17)2-3-16(9)13(18)11-5-12(7-15-6-11)21-22(14,19)20/h5-7,9-10,17H,2-4,8H2,1H3/t9-,10-/m1/s1. The van der Waals surface area contributed by atoms with Crippen LogP contribution in [0.5, 0.6) is 5.75 Å². The van der Waals surface area contributed by atoms with E-state index in [1.807, 2.05) is 6.92 Å². The summed E-state index contributed by atoms with van der Waals surface area (Å²) >= 11 is 0. The van der Waals surface area contributed by atoms with Gasteiger partial charge in [0.2, 0.25) is 0 Å². The van der Waals surface area contributed by atoms with Crippen LogP contribution in [-0.2, 0) is 10.5 Å². The molecule has 9 heteroatoms. The number of aliphatic hydroxyl groups is 1. The summed E-state index contributed by atoms with van der Waals surface area (Å²) in [7, 11) is -5.16. The lowest BCUT2D eigenvalue weighted by atomic mass is 9.92. The summed E-state index contributed by atoms with van der Waals surface area (Å²) in [4.78, 5) is 17.8. The number of hydrogen-bond acceptors (Lipinski definition) is 6. The number of carbonyl (C=O) groups excluding carboxylic acids is 1. The average molecular weight is 332 g/mol. The van der Waals surface area contributed by atoms with Crippen molar-refractivity contribution in [1.29, 1.82) is 0 Å². The maximum atomic E-state index is 12.5. The summed E-state index contributed by atoms with van der Waals surface area (Å²) in [5.74, 6) is -0.520. The second kappa shape index (κ2) is 6.57. The number of rotatable bonds is 4. The van der Waals surface area contributed by atoms with Gasteiger partial charge in [0.1, 0.15) is 0 Å². The number of hydrogen-bond donors (Lipinski definition) is 1. The molecule has 122 valence electrons. The lowest BCUT2D eigenvalue weighted by Gasteiger charge is -2.37. The van der Waals surface area contributed by atoms with E-state index in [0.717, 1.165) is 12.3 Å². The second-order valence-electron chi connectivity index (χ2n) is 5.31. The van der Waals surface area contributed by atoms with Gasteiger partial charge in [-0.05, 0) is 31.7 Å². The quantitative estimate of drug-likeness (QED) is 0.823. The van der Waals surface area contributed by atoms with Crippen LogP contribution in [0.25, 0.3) is 0 Å². The molecule has 1 aromatic rings. The van der Waals surface area contributed by atoms with Gasteiger partial charge in [-0.15, -0.1) is 0 Å². The first-order valence-corrected chi connectivity index (χ1v) is 8.12. The lowest BCUT2D eigenvalue weighted by molar-refractivity contribution is 0.0514. The Morgan fingerprint density at radius 2 is 2.27 bits per heavy atom. The molecule has 0 bridgehead atoms. The molecule has 1 aliphatic heterocycles. The molecule has 2 atom stereocenters. The third-order valence-electron chi connectivity index (χ3n) is 3.66. The molecule has 0 aromatic carbocycles. The van der Waals surface area contributed by atoms with Crippen molar-refractivity contribution in [1.82, 2.24) is 9.88 Å². The molecule has 1 saturated heterocycles. The van der Waals surface area contributed by atoms with Crippen molar-refractivity contribution in [3.05, 3.63) is 24.0 Å². The summed E-state index contributed by atoms with van der Waals surface area (Å²) in [6.07, 6.45) is 3.65. The largest absolute Gasteiger partial charge is 0.488 e. The number of piperidine rings is 1. The van der Waals surface area contributed by atoms with Gasteiger partial charge in [0.15, 0.2) is 5.75 Å². The first-order chi connectivity index (χ1) is 10.3. The van der Waals surface area contributed by atoms with Crippen LogP contribution in [0.4, 0.5) is 3.89 Å². The van der Waals surface area contributed by atoms with Crippen molar-refractivity contribution in [3.8, 4) is 5.75 Å². The number of aromatic nitrogens is 1. The number of amides is 1. The highest BCUT2D eigenvalue weighted by molar-refractivity contribution is 7.81. The van der Waals surface area contributed by atoms with Gasteiger partial charge in [0.05, 0.1) is 11.8 Å². The van der Waals surface area contributed by atoms with Crippen molar-refractivity contribution in [2.24, 2.45) is 5.92 Å². The number of likely N-dealkylation sites (tertiary alicyclic amines) is 1. The zero-order valence-electron chi connectivity index (χ0n) is 12.0. The van der Waals surface area contributed by atoms with Crippen molar-refractivity contribution in [2.45, 2.75) is 25.8 Å². The minimum absolute atomic E-state index is 0.0621. The number of nitrogens with zero attached hydrogens (tertiary/aromatic N) is 2. The smallest absolute Gasteiger partial charge is 0.396 e. The second-order valence-corrected chi connectivity index (χ2v) is 6.26. The van der Waals surface area contributed by atoms with Crippen molar-refractivity contribution in [3.63, 3.8) is 0 Å². The van der Waals surface area contributed by atoms with E-state index in [0.29, 0.717) is 19.4 Å². The summed E-state index contributed by atoms with van der Waals surface area (Å²) in [6.45, 7) is 2.45. The number of carbonyl (C=O) groups is 1. The van der Waals surface area contributed by atoms with Gasteiger partial charge in [-0.25, -0.2) is 0 Å². The molecule has 0 aliphatic carbocycles. The molecule has 0 saturated carbocycles. The van der Waals surface area contributed by atoms with Gasteiger partial charge in [-0.3, -0.25) is 9.78 Å².